The molecule has 0 aliphatic carbocycles. The number of carbonyl (C=O) groups is 1. The lowest BCUT2D eigenvalue weighted by Crippen LogP contribution is -2.42. The molecule has 0 saturated heterocycles. The summed E-state index contributed by atoms with van der Waals surface area (Å²) in [5, 5.41) is 5.46. The number of alkyl carbamates (subject to hydrolysis) is 1. The van der Waals surface area contributed by atoms with Gasteiger partial charge in [0.2, 0.25) is 0 Å². The average Bonchev–Trinajstić information content (AvgIpc) is 2.88. The average molecular weight is 322 g/mol. The number of nitrogens with zero attached hydrogens (tertiary/aromatic N) is 1. The number of ether oxygens (including phenoxy) is 1. The predicted octanol–water partition coefficient (Wildman–Crippen LogP) is 4.32. The molecule has 0 saturated carbocycles. The van der Waals surface area contributed by atoms with Crippen molar-refractivity contribution in [1.29, 1.82) is 0 Å². The van der Waals surface area contributed by atoms with E-state index < -0.39 is 11.6 Å². The molecule has 0 bridgehead atoms. The van der Waals surface area contributed by atoms with Crippen molar-refractivity contribution in [3.05, 3.63) is 41.2 Å². The highest BCUT2D eigenvalue weighted by atomic mass is 32.1. The number of benzene rings is 1. The molecule has 1 N–H and O–H groups in total. The molecule has 22 heavy (non-hydrogen) atoms. The minimum Gasteiger partial charge on any atom is -0.447 e. The minimum atomic E-state index is -0.652. The highest BCUT2D eigenvalue weighted by molar-refractivity contribution is 7.13. The molecule has 1 amide bonds. The van der Waals surface area contributed by atoms with Gasteiger partial charge in [-0.15, -0.1) is 11.3 Å². The van der Waals surface area contributed by atoms with E-state index in [0.717, 1.165) is 16.3 Å². The third-order valence-corrected chi connectivity index (χ3v) is 3.88. The number of nitrogens with one attached hydrogen (secondary N) is 1. The lowest BCUT2D eigenvalue weighted by atomic mass is 10.0. The summed E-state index contributed by atoms with van der Waals surface area (Å²) in [5.41, 5.74) is 0.927. The second kappa shape index (κ2) is 6.44. The van der Waals surface area contributed by atoms with Crippen molar-refractivity contribution in [2.75, 3.05) is 0 Å². The van der Waals surface area contributed by atoms with Crippen LogP contribution in [0.2, 0.25) is 0 Å². The van der Waals surface area contributed by atoms with Crippen molar-refractivity contribution in [3.63, 3.8) is 0 Å². The van der Waals surface area contributed by atoms with Crippen LogP contribution in [0.4, 0.5) is 9.18 Å². The first-order valence-electron chi connectivity index (χ1n) is 6.98. The van der Waals surface area contributed by atoms with Gasteiger partial charge in [-0.1, -0.05) is 0 Å². The molecule has 118 valence electrons. The number of hydrogen-bond donors (Lipinski definition) is 1. The second-order valence-corrected chi connectivity index (χ2v) is 6.61. The summed E-state index contributed by atoms with van der Waals surface area (Å²) in [6.07, 6.45) is -0.655. The molecule has 6 heteroatoms. The molecule has 4 nitrogen and oxygen atoms in total. The zero-order chi connectivity index (χ0) is 16.3. The third kappa shape index (κ3) is 4.04. The minimum absolute atomic E-state index is 0.180. The first kappa shape index (κ1) is 16.4. The quantitative estimate of drug-likeness (QED) is 0.912. The van der Waals surface area contributed by atoms with Crippen molar-refractivity contribution in [2.45, 2.75) is 39.3 Å². The van der Waals surface area contributed by atoms with Crippen LogP contribution in [0.15, 0.2) is 29.6 Å². The molecule has 2 rings (SSSR count). The SMILES string of the molecule is CC(C)OC(=O)NC(C)(C)c1csc(-c2ccc(F)cc2)n1. The van der Waals surface area contributed by atoms with Crippen LogP contribution in [0, 0.1) is 5.82 Å². The van der Waals surface area contributed by atoms with Crippen molar-refractivity contribution in [3.8, 4) is 10.6 Å². The molecule has 1 heterocycles. The molecule has 2 aromatic rings. The van der Waals surface area contributed by atoms with Gasteiger partial charge in [0, 0.05) is 10.9 Å². The van der Waals surface area contributed by atoms with Gasteiger partial charge in [-0.2, -0.15) is 0 Å². The van der Waals surface area contributed by atoms with Crippen LogP contribution >= 0.6 is 11.3 Å². The van der Waals surface area contributed by atoms with Crippen molar-refractivity contribution < 1.29 is 13.9 Å². The summed E-state index contributed by atoms with van der Waals surface area (Å²) < 4.78 is 18.1. The van der Waals surface area contributed by atoms with Crippen LogP contribution < -0.4 is 5.32 Å². The van der Waals surface area contributed by atoms with Crippen LogP contribution in [0.3, 0.4) is 0 Å². The maximum absolute atomic E-state index is 13.0. The summed E-state index contributed by atoms with van der Waals surface area (Å²) in [4.78, 5) is 16.3. The van der Waals surface area contributed by atoms with Gasteiger partial charge in [-0.25, -0.2) is 14.2 Å². The van der Waals surface area contributed by atoms with Crippen LogP contribution in [-0.2, 0) is 10.3 Å². The van der Waals surface area contributed by atoms with Crippen molar-refractivity contribution >= 4 is 17.4 Å². The van der Waals surface area contributed by atoms with E-state index in [1.54, 1.807) is 26.0 Å². The first-order valence-corrected chi connectivity index (χ1v) is 7.86. The van der Waals surface area contributed by atoms with Crippen LogP contribution in [0.25, 0.3) is 10.6 Å². The summed E-state index contributed by atoms with van der Waals surface area (Å²) >= 11 is 1.45. The Bertz CT molecular complexity index is 650. The third-order valence-electron chi connectivity index (χ3n) is 2.99. The summed E-state index contributed by atoms with van der Waals surface area (Å²) in [7, 11) is 0. The van der Waals surface area contributed by atoms with Crippen molar-refractivity contribution in [1.82, 2.24) is 10.3 Å². The van der Waals surface area contributed by atoms with Gasteiger partial charge in [-0.3, -0.25) is 0 Å². The van der Waals surface area contributed by atoms with E-state index in [1.165, 1.54) is 23.5 Å². The Hall–Kier alpha value is -1.95. The molecule has 0 unspecified atom stereocenters. The number of hydrogen-bond acceptors (Lipinski definition) is 4. The number of amides is 1. The van der Waals surface area contributed by atoms with E-state index in [2.05, 4.69) is 10.3 Å². The van der Waals surface area contributed by atoms with E-state index in [1.807, 2.05) is 19.2 Å². The number of rotatable bonds is 4. The monoisotopic (exact) mass is 322 g/mol. The second-order valence-electron chi connectivity index (χ2n) is 5.75. The van der Waals surface area contributed by atoms with Gasteiger partial charge < -0.3 is 10.1 Å². The van der Waals surface area contributed by atoms with Gasteiger partial charge in [0.05, 0.1) is 17.3 Å². The lowest BCUT2D eigenvalue weighted by Gasteiger charge is -2.24. The summed E-state index contributed by atoms with van der Waals surface area (Å²) in [6.45, 7) is 7.31. The molecule has 0 aliphatic rings. The van der Waals surface area contributed by atoms with E-state index in [-0.39, 0.29) is 11.9 Å². The van der Waals surface area contributed by atoms with Crippen LogP contribution in [0.1, 0.15) is 33.4 Å². The molecular formula is C16H19FN2O2S. The number of thiazole rings is 1. The molecule has 0 aliphatic heterocycles. The zero-order valence-corrected chi connectivity index (χ0v) is 13.8. The van der Waals surface area contributed by atoms with Gasteiger partial charge >= 0.3 is 6.09 Å². The lowest BCUT2D eigenvalue weighted by molar-refractivity contribution is 0.106. The van der Waals surface area contributed by atoms with Gasteiger partial charge in [0.15, 0.2) is 0 Å². The number of carbonyl (C=O) groups excluding carboxylic acids is 1. The zero-order valence-electron chi connectivity index (χ0n) is 13.0. The summed E-state index contributed by atoms with van der Waals surface area (Å²) in [5.74, 6) is -0.279. The van der Waals surface area contributed by atoms with E-state index in [9.17, 15) is 9.18 Å². The smallest absolute Gasteiger partial charge is 0.408 e. The highest BCUT2D eigenvalue weighted by Crippen LogP contribution is 2.29. The van der Waals surface area contributed by atoms with E-state index in [0.29, 0.717) is 0 Å². The Balaban J connectivity index is 2.15. The molecule has 0 fully saturated rings. The Labute approximate surface area is 133 Å². The molecule has 1 aromatic heterocycles. The van der Waals surface area contributed by atoms with Gasteiger partial charge in [0.1, 0.15) is 10.8 Å². The van der Waals surface area contributed by atoms with Gasteiger partial charge in [-0.05, 0) is 52.0 Å². The maximum atomic E-state index is 13.0. The standard InChI is InChI=1S/C16H19FN2O2S/c1-10(2)21-15(20)19-16(3,4)13-9-22-14(18-13)11-5-7-12(17)8-6-11/h5-10H,1-4H3,(H,19,20). The van der Waals surface area contributed by atoms with Crippen molar-refractivity contribution in [2.24, 2.45) is 0 Å². The topological polar surface area (TPSA) is 51.2 Å². The fourth-order valence-electron chi connectivity index (χ4n) is 1.85. The number of aromatic nitrogens is 1. The molecule has 0 radical (unpaired) electrons. The van der Waals surface area contributed by atoms with Gasteiger partial charge in [0.25, 0.3) is 0 Å². The summed E-state index contributed by atoms with van der Waals surface area (Å²) in [6, 6.07) is 6.18. The molecule has 0 atom stereocenters. The fourth-order valence-corrected chi connectivity index (χ4v) is 2.84. The fraction of sp³-hybridized carbons (Fsp3) is 0.375. The molecule has 0 spiro atoms. The van der Waals surface area contributed by atoms with Crippen LogP contribution in [0.5, 0.6) is 0 Å². The number of halogens is 1. The first-order chi connectivity index (χ1) is 10.3. The van der Waals surface area contributed by atoms with E-state index >= 15 is 0 Å². The predicted molar refractivity (Wildman–Crippen MR) is 85.3 cm³/mol. The highest BCUT2D eigenvalue weighted by Gasteiger charge is 2.27. The molecular weight excluding hydrogens is 303 g/mol. The Morgan fingerprint density at radius 3 is 2.55 bits per heavy atom. The normalized spacial score (nSPS) is 11.5. The Morgan fingerprint density at radius 2 is 1.95 bits per heavy atom. The van der Waals surface area contributed by atoms with Crippen LogP contribution in [-0.4, -0.2) is 17.2 Å². The Kier molecular flexibility index (Phi) is 4.81. The van der Waals surface area contributed by atoms with E-state index in [4.69, 9.17) is 4.74 Å². The maximum Gasteiger partial charge on any atom is 0.408 e. The largest absolute Gasteiger partial charge is 0.447 e. The molecule has 1 aromatic carbocycles. The Morgan fingerprint density at radius 1 is 1.32 bits per heavy atom.